The molecule has 0 spiro atoms. The number of hydrogen-bond donors (Lipinski definition) is 0. The maximum atomic E-state index is 12.6. The van der Waals surface area contributed by atoms with Gasteiger partial charge in [0.05, 0.1) is 24.0 Å². The minimum Gasteiger partial charge on any atom is -0.458 e. The first kappa shape index (κ1) is 15.4. The lowest BCUT2D eigenvalue weighted by Gasteiger charge is -2.31. The topological polar surface area (TPSA) is 81.4 Å². The van der Waals surface area contributed by atoms with Gasteiger partial charge in [-0.3, -0.25) is 4.79 Å². The lowest BCUT2D eigenvalue weighted by atomic mass is 10.1. The number of hydrogen-bond acceptors (Lipinski definition) is 6. The second-order valence-electron chi connectivity index (χ2n) is 6.21. The van der Waals surface area contributed by atoms with E-state index in [0.29, 0.717) is 29.7 Å². The zero-order valence-corrected chi connectivity index (χ0v) is 13.8. The smallest absolute Gasteiger partial charge is 0.316 e. The van der Waals surface area contributed by atoms with Gasteiger partial charge in [0, 0.05) is 18.5 Å². The van der Waals surface area contributed by atoms with Gasteiger partial charge in [-0.15, -0.1) is 0 Å². The fraction of sp³-hybridized carbons (Fsp3) is 0.500. The fourth-order valence-corrected chi connectivity index (χ4v) is 2.94. The molecular formula is C16H17ClN4O3. The second kappa shape index (κ2) is 6.39. The normalized spacial score (nSPS) is 20.9. The Kier molecular flexibility index (Phi) is 4.10. The van der Waals surface area contributed by atoms with Crippen LogP contribution < -0.4 is 4.74 Å². The van der Waals surface area contributed by atoms with Crippen molar-refractivity contribution in [1.82, 2.24) is 20.0 Å². The molecule has 2 aromatic heterocycles. The monoisotopic (exact) mass is 348 g/mol. The number of ether oxygens (including phenoxy) is 1. The molecule has 24 heavy (non-hydrogen) atoms. The van der Waals surface area contributed by atoms with Crippen LogP contribution in [0.2, 0.25) is 5.02 Å². The molecule has 0 bridgehead atoms. The Balaban J connectivity index is 1.39. The summed E-state index contributed by atoms with van der Waals surface area (Å²) in [5.74, 6) is 1.15. The largest absolute Gasteiger partial charge is 0.458 e. The number of carbonyl (C=O) groups excluding carboxylic acids is 1. The van der Waals surface area contributed by atoms with Gasteiger partial charge >= 0.3 is 6.01 Å². The molecule has 4 rings (SSSR count). The van der Waals surface area contributed by atoms with E-state index in [4.69, 9.17) is 20.9 Å². The van der Waals surface area contributed by atoms with Crippen molar-refractivity contribution in [1.29, 1.82) is 0 Å². The van der Waals surface area contributed by atoms with Crippen molar-refractivity contribution in [3.05, 3.63) is 34.9 Å². The number of carbonyl (C=O) groups is 1. The van der Waals surface area contributed by atoms with Crippen LogP contribution in [0, 0.1) is 0 Å². The molecule has 2 aromatic rings. The summed E-state index contributed by atoms with van der Waals surface area (Å²) in [6.07, 6.45) is 6.78. The lowest BCUT2D eigenvalue weighted by molar-refractivity contribution is 0.0507. The van der Waals surface area contributed by atoms with Crippen LogP contribution in [0.1, 0.15) is 47.8 Å². The molecule has 1 unspecified atom stereocenters. The van der Waals surface area contributed by atoms with Crippen molar-refractivity contribution >= 4 is 17.5 Å². The number of piperidine rings is 1. The van der Waals surface area contributed by atoms with Crippen LogP contribution in [-0.4, -0.2) is 45.1 Å². The number of amides is 1. The number of halogens is 1. The van der Waals surface area contributed by atoms with E-state index in [1.54, 1.807) is 11.0 Å². The Hall–Kier alpha value is -2.15. The molecule has 7 nitrogen and oxygen atoms in total. The predicted molar refractivity (Wildman–Crippen MR) is 85.1 cm³/mol. The highest BCUT2D eigenvalue weighted by Crippen LogP contribution is 2.40. The zero-order chi connectivity index (χ0) is 16.5. The standard InChI is InChI=1S/C16H17ClN4O3/c17-11-7-18-16(19-8-11)23-12-2-1-5-21(9-12)15(22)13-6-14(24-20-13)10-3-4-10/h6-8,10,12H,1-5,9H2. The maximum Gasteiger partial charge on any atom is 0.316 e. The van der Waals surface area contributed by atoms with E-state index in [1.807, 2.05) is 0 Å². The predicted octanol–water partition coefficient (Wildman–Crippen LogP) is 2.68. The summed E-state index contributed by atoms with van der Waals surface area (Å²) >= 11 is 5.77. The number of aromatic nitrogens is 3. The van der Waals surface area contributed by atoms with Crippen LogP contribution in [-0.2, 0) is 0 Å². The van der Waals surface area contributed by atoms with Crippen LogP contribution in [0.15, 0.2) is 23.0 Å². The third-order valence-corrected chi connectivity index (χ3v) is 4.46. The number of nitrogens with zero attached hydrogens (tertiary/aromatic N) is 4. The summed E-state index contributed by atoms with van der Waals surface area (Å²) in [6.45, 7) is 1.17. The van der Waals surface area contributed by atoms with Gasteiger partial charge in [0.15, 0.2) is 5.69 Å². The molecule has 1 atom stereocenters. The summed E-state index contributed by atoms with van der Waals surface area (Å²) in [4.78, 5) is 22.4. The van der Waals surface area contributed by atoms with Gasteiger partial charge in [-0.1, -0.05) is 16.8 Å². The van der Waals surface area contributed by atoms with E-state index in [0.717, 1.165) is 31.4 Å². The van der Waals surface area contributed by atoms with Crippen LogP contribution in [0.25, 0.3) is 0 Å². The Morgan fingerprint density at radius 3 is 2.83 bits per heavy atom. The van der Waals surface area contributed by atoms with Crippen LogP contribution in [0.3, 0.4) is 0 Å². The summed E-state index contributed by atoms with van der Waals surface area (Å²) in [7, 11) is 0. The summed E-state index contributed by atoms with van der Waals surface area (Å²) in [5, 5.41) is 4.38. The van der Waals surface area contributed by atoms with E-state index >= 15 is 0 Å². The molecule has 0 radical (unpaired) electrons. The third-order valence-electron chi connectivity index (χ3n) is 4.26. The minimum absolute atomic E-state index is 0.115. The average molecular weight is 349 g/mol. The lowest BCUT2D eigenvalue weighted by Crippen LogP contribution is -2.44. The molecule has 3 heterocycles. The SMILES string of the molecule is O=C(c1cc(C2CC2)on1)N1CCCC(Oc2ncc(Cl)cn2)C1. The van der Waals surface area contributed by atoms with Gasteiger partial charge in [-0.25, -0.2) is 9.97 Å². The molecule has 2 aliphatic rings. The fourth-order valence-electron chi connectivity index (χ4n) is 2.84. The van der Waals surface area contributed by atoms with Crippen molar-refractivity contribution in [2.75, 3.05) is 13.1 Å². The second-order valence-corrected chi connectivity index (χ2v) is 6.64. The van der Waals surface area contributed by atoms with E-state index in [2.05, 4.69) is 15.1 Å². The molecule has 1 amide bonds. The van der Waals surface area contributed by atoms with Crippen LogP contribution in [0.5, 0.6) is 6.01 Å². The van der Waals surface area contributed by atoms with Gasteiger partial charge in [0.1, 0.15) is 11.9 Å². The summed E-state index contributed by atoms with van der Waals surface area (Å²) in [6, 6.07) is 2.04. The summed E-state index contributed by atoms with van der Waals surface area (Å²) < 4.78 is 11.0. The first-order chi connectivity index (χ1) is 11.7. The van der Waals surface area contributed by atoms with Crippen molar-refractivity contribution in [2.24, 2.45) is 0 Å². The Morgan fingerprint density at radius 2 is 2.08 bits per heavy atom. The highest BCUT2D eigenvalue weighted by molar-refractivity contribution is 6.30. The van der Waals surface area contributed by atoms with Gasteiger partial charge in [0.2, 0.25) is 0 Å². The third kappa shape index (κ3) is 3.36. The van der Waals surface area contributed by atoms with E-state index in [1.165, 1.54) is 12.4 Å². The highest BCUT2D eigenvalue weighted by atomic mass is 35.5. The molecular weight excluding hydrogens is 332 g/mol. The maximum absolute atomic E-state index is 12.6. The van der Waals surface area contributed by atoms with Crippen molar-refractivity contribution < 1.29 is 14.1 Å². The summed E-state index contributed by atoms with van der Waals surface area (Å²) in [5.41, 5.74) is 0.375. The van der Waals surface area contributed by atoms with Crippen molar-refractivity contribution in [3.8, 4) is 6.01 Å². The molecule has 1 saturated carbocycles. The Morgan fingerprint density at radius 1 is 1.29 bits per heavy atom. The first-order valence-electron chi connectivity index (χ1n) is 8.09. The Bertz CT molecular complexity index is 729. The van der Waals surface area contributed by atoms with Gasteiger partial charge in [0.25, 0.3) is 5.91 Å². The van der Waals surface area contributed by atoms with Crippen LogP contribution in [0.4, 0.5) is 0 Å². The average Bonchev–Trinajstić information content (AvgIpc) is 3.34. The molecule has 0 N–H and O–H groups in total. The Labute approximate surface area is 144 Å². The molecule has 1 saturated heterocycles. The molecule has 1 aliphatic carbocycles. The van der Waals surface area contributed by atoms with Gasteiger partial charge < -0.3 is 14.2 Å². The zero-order valence-electron chi connectivity index (χ0n) is 13.0. The van der Waals surface area contributed by atoms with Gasteiger partial charge in [-0.05, 0) is 25.7 Å². The molecule has 8 heteroatoms. The highest BCUT2D eigenvalue weighted by Gasteiger charge is 2.31. The van der Waals surface area contributed by atoms with Crippen LogP contribution >= 0.6 is 11.6 Å². The van der Waals surface area contributed by atoms with E-state index in [-0.39, 0.29) is 18.0 Å². The molecule has 1 aliphatic heterocycles. The number of rotatable bonds is 4. The number of likely N-dealkylation sites (tertiary alicyclic amines) is 1. The minimum atomic E-state index is -0.140. The van der Waals surface area contributed by atoms with E-state index in [9.17, 15) is 4.79 Å². The molecule has 126 valence electrons. The van der Waals surface area contributed by atoms with Gasteiger partial charge in [-0.2, -0.15) is 0 Å². The molecule has 2 fully saturated rings. The van der Waals surface area contributed by atoms with E-state index < -0.39 is 0 Å². The molecule has 0 aromatic carbocycles. The van der Waals surface area contributed by atoms with Crippen molar-refractivity contribution in [2.45, 2.75) is 37.7 Å². The van der Waals surface area contributed by atoms with Crippen molar-refractivity contribution in [3.63, 3.8) is 0 Å². The quantitative estimate of drug-likeness (QED) is 0.845. The first-order valence-corrected chi connectivity index (χ1v) is 8.47.